The van der Waals surface area contributed by atoms with Crippen molar-refractivity contribution >= 4 is 5.69 Å². The maximum Gasteiger partial charge on any atom is 0.166 e. The van der Waals surface area contributed by atoms with Gasteiger partial charge in [0.05, 0.1) is 18.9 Å². The highest BCUT2D eigenvalue weighted by Gasteiger charge is 2.34. The van der Waals surface area contributed by atoms with Gasteiger partial charge in [-0.3, -0.25) is 4.98 Å². The van der Waals surface area contributed by atoms with Crippen molar-refractivity contribution in [3.05, 3.63) is 18.0 Å². The summed E-state index contributed by atoms with van der Waals surface area (Å²) in [6, 6.07) is 2.71. The first-order chi connectivity index (χ1) is 12.0. The van der Waals surface area contributed by atoms with E-state index in [1.807, 2.05) is 20.0 Å². The molecule has 0 bridgehead atoms. The van der Waals surface area contributed by atoms with Crippen LogP contribution in [0.2, 0.25) is 0 Å². The van der Waals surface area contributed by atoms with Crippen molar-refractivity contribution in [3.8, 4) is 5.75 Å². The molecule has 25 heavy (non-hydrogen) atoms. The van der Waals surface area contributed by atoms with Crippen LogP contribution >= 0.6 is 0 Å². The summed E-state index contributed by atoms with van der Waals surface area (Å²) >= 11 is 0. The highest BCUT2D eigenvalue weighted by Crippen LogP contribution is 2.41. The molecule has 4 heteroatoms. The van der Waals surface area contributed by atoms with Crippen LogP contribution in [0.15, 0.2) is 12.3 Å². The molecule has 0 aliphatic heterocycles. The molecule has 4 nitrogen and oxygen atoms in total. The fourth-order valence-electron chi connectivity index (χ4n) is 3.80. The Balaban J connectivity index is 2.47. The van der Waals surface area contributed by atoms with E-state index in [9.17, 15) is 0 Å². The van der Waals surface area contributed by atoms with Gasteiger partial charge in [-0.15, -0.1) is 0 Å². The first kappa shape index (κ1) is 20.0. The van der Waals surface area contributed by atoms with Gasteiger partial charge in [-0.25, -0.2) is 0 Å². The fourth-order valence-corrected chi connectivity index (χ4v) is 3.80. The summed E-state index contributed by atoms with van der Waals surface area (Å²) in [5.74, 6) is 0.908. The van der Waals surface area contributed by atoms with E-state index in [2.05, 4.69) is 36.7 Å². The van der Waals surface area contributed by atoms with Crippen LogP contribution in [0.1, 0.15) is 78.8 Å². The zero-order valence-corrected chi connectivity index (χ0v) is 16.8. The lowest BCUT2D eigenvalue weighted by Crippen LogP contribution is -2.51. The minimum absolute atomic E-state index is 0.0814. The molecule has 0 N–H and O–H groups in total. The van der Waals surface area contributed by atoms with Crippen LogP contribution in [0, 0.1) is 0 Å². The molecular formula is C21H36N2O2. The second-order valence-electron chi connectivity index (χ2n) is 7.50. The summed E-state index contributed by atoms with van der Waals surface area (Å²) in [6.45, 7) is 12.9. The minimum atomic E-state index is 0.0814. The molecule has 0 radical (unpaired) electrons. The minimum Gasteiger partial charge on any atom is -0.490 e. The van der Waals surface area contributed by atoms with Gasteiger partial charge in [-0.2, -0.15) is 0 Å². The van der Waals surface area contributed by atoms with E-state index in [1.54, 1.807) is 0 Å². The molecule has 1 aliphatic rings. The Hall–Kier alpha value is -1.29. The van der Waals surface area contributed by atoms with E-state index >= 15 is 0 Å². The zero-order chi connectivity index (χ0) is 18.3. The van der Waals surface area contributed by atoms with Crippen molar-refractivity contribution in [2.45, 2.75) is 91.3 Å². The first-order valence-corrected chi connectivity index (χ1v) is 10.0. The van der Waals surface area contributed by atoms with Crippen LogP contribution in [0.3, 0.4) is 0 Å². The summed E-state index contributed by atoms with van der Waals surface area (Å²) in [7, 11) is 0. The Bertz CT molecular complexity index is 525. The molecule has 1 aromatic rings. The van der Waals surface area contributed by atoms with Crippen LogP contribution < -0.4 is 9.64 Å². The average molecular weight is 349 g/mol. The molecule has 0 amide bonds. The third kappa shape index (κ3) is 4.87. The van der Waals surface area contributed by atoms with E-state index in [4.69, 9.17) is 9.47 Å². The molecule has 1 aliphatic carbocycles. The Labute approximate surface area is 153 Å². The normalized spacial score (nSPS) is 16.0. The van der Waals surface area contributed by atoms with E-state index < -0.39 is 0 Å². The summed E-state index contributed by atoms with van der Waals surface area (Å²) in [4.78, 5) is 7.17. The lowest BCUT2D eigenvalue weighted by Gasteiger charge is -2.47. The lowest BCUT2D eigenvalue weighted by molar-refractivity contribution is 0.128. The van der Waals surface area contributed by atoms with Crippen molar-refractivity contribution < 1.29 is 9.47 Å². The van der Waals surface area contributed by atoms with Crippen molar-refractivity contribution in [1.82, 2.24) is 4.98 Å². The molecule has 1 aromatic heterocycles. The Morgan fingerprint density at radius 1 is 1.12 bits per heavy atom. The highest BCUT2D eigenvalue weighted by molar-refractivity contribution is 5.62. The van der Waals surface area contributed by atoms with Crippen LogP contribution in [-0.4, -0.2) is 29.8 Å². The van der Waals surface area contributed by atoms with Gasteiger partial charge < -0.3 is 14.4 Å². The Morgan fingerprint density at radius 3 is 2.44 bits per heavy atom. The van der Waals surface area contributed by atoms with Crippen LogP contribution in [-0.2, 0) is 11.3 Å². The van der Waals surface area contributed by atoms with Gasteiger partial charge >= 0.3 is 0 Å². The maximum atomic E-state index is 6.09. The molecule has 1 fully saturated rings. The molecule has 1 saturated carbocycles. The molecule has 0 saturated heterocycles. The summed E-state index contributed by atoms with van der Waals surface area (Å²) in [6.07, 6.45) is 9.53. The van der Waals surface area contributed by atoms with Crippen LogP contribution in [0.4, 0.5) is 5.69 Å². The topological polar surface area (TPSA) is 34.6 Å². The predicted octanol–water partition coefficient (Wildman–Crippen LogP) is 5.34. The zero-order valence-electron chi connectivity index (χ0n) is 16.8. The molecule has 2 rings (SSSR count). The summed E-state index contributed by atoms with van der Waals surface area (Å²) < 4.78 is 11.7. The molecule has 0 atom stereocenters. The highest BCUT2D eigenvalue weighted by atomic mass is 16.5. The molecule has 0 spiro atoms. The SMILES string of the molecule is CCOCc1nccc(N(C2CCCCC2)C(C)(C)CC)c1OCC. The monoisotopic (exact) mass is 348 g/mol. The second kappa shape index (κ2) is 9.42. The number of aromatic nitrogens is 1. The van der Waals surface area contributed by atoms with Gasteiger partial charge in [0.1, 0.15) is 5.69 Å². The van der Waals surface area contributed by atoms with Gasteiger partial charge in [0, 0.05) is 24.4 Å². The maximum absolute atomic E-state index is 6.09. The van der Waals surface area contributed by atoms with Gasteiger partial charge in [-0.1, -0.05) is 26.2 Å². The number of pyridine rings is 1. The van der Waals surface area contributed by atoms with Crippen LogP contribution in [0.5, 0.6) is 5.75 Å². The number of ether oxygens (including phenoxy) is 2. The number of rotatable bonds is 9. The standard InChI is InChI=1S/C21H36N2O2/c1-6-21(4,5)23(17-12-10-9-11-13-17)19-14-15-22-18(16-24-7-2)20(19)25-8-3/h14-15,17H,6-13,16H2,1-5H3. The summed E-state index contributed by atoms with van der Waals surface area (Å²) in [5, 5.41) is 0. The fraction of sp³-hybridized carbons (Fsp3) is 0.762. The molecule has 1 heterocycles. The van der Waals surface area contributed by atoms with Crippen molar-refractivity contribution in [1.29, 1.82) is 0 Å². The quantitative estimate of drug-likeness (QED) is 0.603. The molecule has 0 unspecified atom stereocenters. The van der Waals surface area contributed by atoms with Crippen molar-refractivity contribution in [2.75, 3.05) is 18.1 Å². The van der Waals surface area contributed by atoms with E-state index in [1.165, 1.54) is 37.8 Å². The largest absolute Gasteiger partial charge is 0.490 e. The lowest BCUT2D eigenvalue weighted by atomic mass is 9.88. The van der Waals surface area contributed by atoms with E-state index in [-0.39, 0.29) is 5.54 Å². The van der Waals surface area contributed by atoms with E-state index in [0.717, 1.165) is 17.9 Å². The smallest absolute Gasteiger partial charge is 0.166 e. The second-order valence-corrected chi connectivity index (χ2v) is 7.50. The number of hydrogen-bond donors (Lipinski definition) is 0. The Morgan fingerprint density at radius 2 is 1.84 bits per heavy atom. The average Bonchev–Trinajstić information content (AvgIpc) is 2.63. The third-order valence-electron chi connectivity index (χ3n) is 5.41. The molecular weight excluding hydrogens is 312 g/mol. The van der Waals surface area contributed by atoms with Gasteiger partial charge in [0.2, 0.25) is 0 Å². The Kier molecular flexibility index (Phi) is 7.55. The van der Waals surface area contributed by atoms with Crippen LogP contribution in [0.25, 0.3) is 0 Å². The molecule has 142 valence electrons. The predicted molar refractivity (Wildman–Crippen MR) is 104 cm³/mol. The number of nitrogens with zero attached hydrogens (tertiary/aromatic N) is 2. The summed E-state index contributed by atoms with van der Waals surface area (Å²) in [5.41, 5.74) is 2.18. The van der Waals surface area contributed by atoms with Gasteiger partial charge in [0.15, 0.2) is 5.75 Å². The first-order valence-electron chi connectivity index (χ1n) is 10.0. The van der Waals surface area contributed by atoms with Gasteiger partial charge in [0.25, 0.3) is 0 Å². The van der Waals surface area contributed by atoms with Crippen molar-refractivity contribution in [3.63, 3.8) is 0 Å². The number of anilines is 1. The van der Waals surface area contributed by atoms with Crippen molar-refractivity contribution in [2.24, 2.45) is 0 Å². The van der Waals surface area contributed by atoms with Gasteiger partial charge in [-0.05, 0) is 53.0 Å². The number of hydrogen-bond acceptors (Lipinski definition) is 4. The third-order valence-corrected chi connectivity index (χ3v) is 5.41. The molecule has 0 aromatic carbocycles. The van der Waals surface area contributed by atoms with E-state index in [0.29, 0.717) is 25.9 Å².